The highest BCUT2D eigenvalue weighted by molar-refractivity contribution is 9.10. The third-order valence-electron chi connectivity index (χ3n) is 4.91. The zero-order valence-electron chi connectivity index (χ0n) is 17.2. The van der Waals surface area contributed by atoms with Crippen LogP contribution < -0.4 is 0 Å². The molecule has 0 radical (unpaired) electrons. The van der Waals surface area contributed by atoms with Crippen LogP contribution >= 0.6 is 27.7 Å². The van der Waals surface area contributed by atoms with E-state index in [4.69, 9.17) is 9.47 Å². The number of hydrogen-bond acceptors (Lipinski definition) is 7. The molecule has 162 valence electrons. The Morgan fingerprint density at radius 1 is 1.13 bits per heavy atom. The van der Waals surface area contributed by atoms with Crippen molar-refractivity contribution in [3.05, 3.63) is 28.7 Å². The van der Waals surface area contributed by atoms with Crippen LogP contribution in [0.5, 0.6) is 0 Å². The number of esters is 2. The van der Waals surface area contributed by atoms with Gasteiger partial charge in [0, 0.05) is 16.1 Å². The van der Waals surface area contributed by atoms with Crippen LogP contribution in [0.25, 0.3) is 11.4 Å². The number of nitrogens with zero attached hydrogens (tertiary/aromatic N) is 3. The largest absolute Gasteiger partial charge is 0.465 e. The van der Waals surface area contributed by atoms with Crippen molar-refractivity contribution in [2.75, 3.05) is 13.2 Å². The quantitative estimate of drug-likeness (QED) is 0.295. The smallest absolute Gasteiger partial charge is 0.331 e. The van der Waals surface area contributed by atoms with E-state index >= 15 is 0 Å². The molecule has 0 N–H and O–H groups in total. The lowest BCUT2D eigenvalue weighted by Crippen LogP contribution is -2.31. The molecule has 0 aliphatic heterocycles. The standard InChI is InChI=1S/C21H26BrN3O4S/c1-3-28-19(26)17(20(27)29-4-2)30-21-24-23-18(14-9-8-10-15(22)13-14)25(21)16-11-6-5-7-12-16/h8-10,13,16-17H,3-7,11-12H2,1-2H3. The van der Waals surface area contributed by atoms with Crippen molar-refractivity contribution in [1.82, 2.24) is 14.8 Å². The van der Waals surface area contributed by atoms with E-state index in [0.29, 0.717) is 5.16 Å². The highest BCUT2D eigenvalue weighted by Crippen LogP contribution is 2.37. The number of benzene rings is 1. The van der Waals surface area contributed by atoms with Crippen LogP contribution in [0.4, 0.5) is 0 Å². The van der Waals surface area contributed by atoms with Crippen LogP contribution in [-0.4, -0.2) is 45.2 Å². The van der Waals surface area contributed by atoms with E-state index in [9.17, 15) is 9.59 Å². The van der Waals surface area contributed by atoms with Crippen LogP contribution in [0, 0.1) is 0 Å². The first-order valence-corrected chi connectivity index (χ1v) is 11.9. The summed E-state index contributed by atoms with van der Waals surface area (Å²) in [4.78, 5) is 24.9. The number of carbonyl (C=O) groups is 2. The maximum atomic E-state index is 12.5. The lowest BCUT2D eigenvalue weighted by atomic mass is 9.95. The number of aromatic nitrogens is 3. The van der Waals surface area contributed by atoms with Crippen molar-refractivity contribution in [1.29, 1.82) is 0 Å². The van der Waals surface area contributed by atoms with E-state index in [-0.39, 0.29) is 19.3 Å². The van der Waals surface area contributed by atoms with Crippen LogP contribution in [0.3, 0.4) is 0 Å². The number of halogens is 1. The Labute approximate surface area is 189 Å². The molecule has 0 bridgehead atoms. The van der Waals surface area contributed by atoms with Gasteiger partial charge in [0.25, 0.3) is 0 Å². The normalized spacial score (nSPS) is 14.7. The molecule has 0 spiro atoms. The van der Waals surface area contributed by atoms with Gasteiger partial charge in [-0.05, 0) is 38.8 Å². The maximum absolute atomic E-state index is 12.5. The first-order valence-electron chi connectivity index (χ1n) is 10.3. The fraction of sp³-hybridized carbons (Fsp3) is 0.524. The summed E-state index contributed by atoms with van der Waals surface area (Å²) in [7, 11) is 0. The Morgan fingerprint density at radius 2 is 1.80 bits per heavy atom. The minimum atomic E-state index is -1.13. The van der Waals surface area contributed by atoms with Gasteiger partial charge in [-0.1, -0.05) is 59.1 Å². The second-order valence-electron chi connectivity index (χ2n) is 6.98. The molecule has 7 nitrogen and oxygen atoms in total. The van der Waals surface area contributed by atoms with E-state index in [0.717, 1.165) is 53.3 Å². The molecule has 1 aromatic heterocycles. The van der Waals surface area contributed by atoms with Gasteiger partial charge < -0.3 is 9.47 Å². The third-order valence-corrected chi connectivity index (χ3v) is 6.51. The first kappa shape index (κ1) is 22.8. The lowest BCUT2D eigenvalue weighted by Gasteiger charge is -2.26. The van der Waals surface area contributed by atoms with Crippen molar-refractivity contribution in [2.24, 2.45) is 0 Å². The van der Waals surface area contributed by atoms with Gasteiger partial charge in [-0.2, -0.15) is 0 Å². The van der Waals surface area contributed by atoms with Gasteiger partial charge in [-0.15, -0.1) is 10.2 Å². The number of hydrogen-bond donors (Lipinski definition) is 0. The zero-order chi connectivity index (χ0) is 21.5. The molecule has 1 fully saturated rings. The van der Waals surface area contributed by atoms with Crippen molar-refractivity contribution in [2.45, 2.75) is 62.4 Å². The van der Waals surface area contributed by atoms with E-state index in [2.05, 4.69) is 30.7 Å². The summed E-state index contributed by atoms with van der Waals surface area (Å²) >= 11 is 4.57. The number of carbonyl (C=O) groups excluding carboxylic acids is 2. The summed E-state index contributed by atoms with van der Waals surface area (Å²) in [5, 5.41) is 8.20. The van der Waals surface area contributed by atoms with Gasteiger partial charge in [-0.25, -0.2) is 0 Å². The lowest BCUT2D eigenvalue weighted by molar-refractivity contribution is -0.152. The molecule has 0 amide bonds. The molecule has 1 heterocycles. The molecule has 0 unspecified atom stereocenters. The maximum Gasteiger partial charge on any atom is 0.331 e. The molecule has 2 aromatic rings. The van der Waals surface area contributed by atoms with Crippen LogP contribution in [0.2, 0.25) is 0 Å². The predicted molar refractivity (Wildman–Crippen MR) is 118 cm³/mol. The summed E-state index contributed by atoms with van der Waals surface area (Å²) in [6.07, 6.45) is 5.49. The van der Waals surface area contributed by atoms with Gasteiger partial charge >= 0.3 is 11.9 Å². The molecular formula is C21H26BrN3O4S. The van der Waals surface area contributed by atoms with Gasteiger partial charge in [0.05, 0.1) is 13.2 Å². The summed E-state index contributed by atoms with van der Waals surface area (Å²) in [6, 6.07) is 8.10. The van der Waals surface area contributed by atoms with Crippen molar-refractivity contribution >= 4 is 39.6 Å². The Kier molecular flexibility index (Phi) is 8.32. The fourth-order valence-corrected chi connectivity index (χ4v) is 4.96. The van der Waals surface area contributed by atoms with Crippen LogP contribution in [0.1, 0.15) is 52.0 Å². The summed E-state index contributed by atoms with van der Waals surface area (Å²) < 4.78 is 13.3. The van der Waals surface area contributed by atoms with E-state index in [1.165, 1.54) is 6.42 Å². The molecule has 30 heavy (non-hydrogen) atoms. The van der Waals surface area contributed by atoms with Crippen LogP contribution in [0.15, 0.2) is 33.9 Å². The molecule has 1 aliphatic carbocycles. The molecular weight excluding hydrogens is 470 g/mol. The monoisotopic (exact) mass is 495 g/mol. The van der Waals surface area contributed by atoms with Crippen molar-refractivity contribution in [3.8, 4) is 11.4 Å². The average Bonchev–Trinajstić information content (AvgIpc) is 3.16. The molecule has 1 aromatic carbocycles. The molecule has 3 rings (SSSR count). The number of thioether (sulfide) groups is 1. The fourth-order valence-electron chi connectivity index (χ4n) is 3.58. The topological polar surface area (TPSA) is 83.3 Å². The Hall–Kier alpha value is -1.87. The summed E-state index contributed by atoms with van der Waals surface area (Å²) in [6.45, 7) is 3.79. The molecule has 9 heteroatoms. The third kappa shape index (κ3) is 5.43. The molecule has 0 atom stereocenters. The molecule has 0 saturated heterocycles. The van der Waals surface area contributed by atoms with Gasteiger partial charge in [0.15, 0.2) is 11.0 Å². The van der Waals surface area contributed by atoms with Crippen LogP contribution in [-0.2, 0) is 19.1 Å². The molecule has 1 aliphatic rings. The minimum absolute atomic E-state index is 0.188. The Balaban J connectivity index is 2.00. The summed E-state index contributed by atoms with van der Waals surface area (Å²) in [5.74, 6) is -0.511. The molecule has 1 saturated carbocycles. The predicted octanol–water partition coefficient (Wildman–Crippen LogP) is 4.80. The first-order chi connectivity index (χ1) is 14.5. The SMILES string of the molecule is CCOC(=O)C(Sc1nnc(-c2cccc(Br)c2)n1C1CCCCC1)C(=O)OCC. The number of ether oxygens (including phenoxy) is 2. The highest BCUT2D eigenvalue weighted by Gasteiger charge is 2.34. The Bertz CT molecular complexity index is 865. The van der Waals surface area contributed by atoms with Crippen molar-refractivity contribution < 1.29 is 19.1 Å². The van der Waals surface area contributed by atoms with Crippen molar-refractivity contribution in [3.63, 3.8) is 0 Å². The number of rotatable bonds is 8. The average molecular weight is 496 g/mol. The van der Waals surface area contributed by atoms with E-state index in [1.807, 2.05) is 24.3 Å². The Morgan fingerprint density at radius 3 is 2.40 bits per heavy atom. The second-order valence-corrected chi connectivity index (χ2v) is 8.97. The highest BCUT2D eigenvalue weighted by atomic mass is 79.9. The zero-order valence-corrected chi connectivity index (χ0v) is 19.6. The minimum Gasteiger partial charge on any atom is -0.465 e. The van der Waals surface area contributed by atoms with Gasteiger partial charge in [-0.3, -0.25) is 14.2 Å². The second kappa shape index (κ2) is 10.9. The summed E-state index contributed by atoms with van der Waals surface area (Å²) in [5.41, 5.74) is 0.929. The van der Waals surface area contributed by atoms with Gasteiger partial charge in [0.1, 0.15) is 0 Å². The van der Waals surface area contributed by atoms with E-state index in [1.54, 1.807) is 13.8 Å². The van der Waals surface area contributed by atoms with Gasteiger partial charge in [0.2, 0.25) is 5.25 Å². The van der Waals surface area contributed by atoms with E-state index < -0.39 is 17.2 Å².